The number of aliphatic carboxylic acids is 3. The van der Waals surface area contributed by atoms with Gasteiger partial charge in [-0.15, -0.1) is 0 Å². The summed E-state index contributed by atoms with van der Waals surface area (Å²) in [6.07, 6.45) is 2.54. The Morgan fingerprint density at radius 2 is 1.67 bits per heavy atom. The van der Waals surface area contributed by atoms with Crippen LogP contribution in [0.25, 0.3) is 0 Å². The van der Waals surface area contributed by atoms with E-state index in [1.807, 2.05) is 6.92 Å². The van der Waals surface area contributed by atoms with Gasteiger partial charge in [-0.05, 0) is 12.8 Å². The molecule has 2 atom stereocenters. The Hall–Kier alpha value is -1.92. The molecule has 0 amide bonds. The Morgan fingerprint density at radius 1 is 1.10 bits per heavy atom. The van der Waals surface area contributed by atoms with E-state index < -0.39 is 47.4 Å². The maximum atomic E-state index is 12.1. The highest BCUT2D eigenvalue weighted by atomic mass is 16.4. The first-order valence-corrected chi connectivity index (χ1v) is 7.02. The molecule has 118 valence electrons. The second-order valence-electron chi connectivity index (χ2n) is 5.48. The van der Waals surface area contributed by atoms with E-state index in [-0.39, 0.29) is 6.42 Å². The largest absolute Gasteiger partial charge is 0.481 e. The number of ketones is 1. The van der Waals surface area contributed by atoms with Gasteiger partial charge in [-0.2, -0.15) is 0 Å². The Kier molecular flexibility index (Phi) is 5.46. The van der Waals surface area contributed by atoms with E-state index in [1.165, 1.54) is 0 Å². The zero-order valence-corrected chi connectivity index (χ0v) is 11.9. The van der Waals surface area contributed by atoms with E-state index in [4.69, 9.17) is 5.11 Å². The van der Waals surface area contributed by atoms with Crippen LogP contribution < -0.4 is 0 Å². The Morgan fingerprint density at radius 3 is 2.10 bits per heavy atom. The van der Waals surface area contributed by atoms with Gasteiger partial charge in [-0.25, -0.2) is 0 Å². The Labute approximate surface area is 122 Å². The average Bonchev–Trinajstić information content (AvgIpc) is 2.69. The molecule has 0 aromatic carbocycles. The highest BCUT2D eigenvalue weighted by Crippen LogP contribution is 2.47. The number of hydrogen-bond donors (Lipinski definition) is 3. The standard InChI is InChI=1S/C14H20O7/c1-2-3-4-5-6-9-10(15)8(11(16)17)7-14(9,12(18)19)13(20)21/h8-9H,2-7H2,1H3,(H,16,17)(H,18,19)(H,20,21). The molecule has 21 heavy (non-hydrogen) atoms. The van der Waals surface area contributed by atoms with Crippen LogP contribution >= 0.6 is 0 Å². The summed E-state index contributed by atoms with van der Waals surface area (Å²) in [6, 6.07) is 0. The van der Waals surface area contributed by atoms with Crippen LogP contribution in [0.3, 0.4) is 0 Å². The van der Waals surface area contributed by atoms with Crippen LogP contribution in [-0.4, -0.2) is 39.0 Å². The summed E-state index contributed by atoms with van der Waals surface area (Å²) in [4.78, 5) is 46.1. The lowest BCUT2D eigenvalue weighted by Crippen LogP contribution is -2.44. The number of carbonyl (C=O) groups is 4. The van der Waals surface area contributed by atoms with E-state index in [0.717, 1.165) is 19.3 Å². The smallest absolute Gasteiger partial charge is 0.321 e. The molecule has 2 unspecified atom stereocenters. The highest BCUT2D eigenvalue weighted by Gasteiger charge is 2.64. The number of Topliss-reactive ketones (excluding diaryl/α,β-unsaturated/α-hetero) is 1. The van der Waals surface area contributed by atoms with Crippen molar-refractivity contribution in [2.24, 2.45) is 17.3 Å². The van der Waals surface area contributed by atoms with Crippen molar-refractivity contribution in [3.05, 3.63) is 0 Å². The lowest BCUT2D eigenvalue weighted by molar-refractivity contribution is -0.169. The quantitative estimate of drug-likeness (QED) is 0.456. The van der Waals surface area contributed by atoms with Crippen molar-refractivity contribution in [2.45, 2.75) is 45.4 Å². The third-order valence-electron chi connectivity index (χ3n) is 4.22. The zero-order valence-electron chi connectivity index (χ0n) is 11.9. The summed E-state index contributed by atoms with van der Waals surface area (Å²) in [7, 11) is 0. The molecule has 1 fully saturated rings. The van der Waals surface area contributed by atoms with E-state index >= 15 is 0 Å². The molecule has 0 aliphatic heterocycles. The van der Waals surface area contributed by atoms with Crippen molar-refractivity contribution in [1.29, 1.82) is 0 Å². The van der Waals surface area contributed by atoms with Crippen molar-refractivity contribution >= 4 is 23.7 Å². The molecule has 1 aliphatic rings. The number of rotatable bonds is 8. The molecule has 0 radical (unpaired) electrons. The highest BCUT2D eigenvalue weighted by molar-refractivity contribution is 6.12. The fourth-order valence-electron chi connectivity index (χ4n) is 2.99. The molecule has 0 bridgehead atoms. The van der Waals surface area contributed by atoms with Gasteiger partial charge in [-0.3, -0.25) is 19.2 Å². The molecule has 7 nitrogen and oxygen atoms in total. The molecule has 1 rings (SSSR count). The summed E-state index contributed by atoms with van der Waals surface area (Å²) in [5.41, 5.74) is -2.31. The summed E-state index contributed by atoms with van der Waals surface area (Å²) >= 11 is 0. The maximum absolute atomic E-state index is 12.1. The minimum absolute atomic E-state index is 0.0984. The molecule has 1 aliphatic carbocycles. The molecule has 0 saturated heterocycles. The van der Waals surface area contributed by atoms with E-state index in [2.05, 4.69) is 0 Å². The van der Waals surface area contributed by atoms with Gasteiger partial charge < -0.3 is 15.3 Å². The average molecular weight is 300 g/mol. The number of unbranched alkanes of at least 4 members (excludes halogenated alkanes) is 3. The molecule has 1 saturated carbocycles. The first-order chi connectivity index (χ1) is 9.78. The molecule has 0 aromatic rings. The molecular weight excluding hydrogens is 280 g/mol. The minimum Gasteiger partial charge on any atom is -0.481 e. The van der Waals surface area contributed by atoms with Crippen molar-refractivity contribution in [1.82, 2.24) is 0 Å². The lowest BCUT2D eigenvalue weighted by atomic mass is 9.75. The number of hydrogen-bond acceptors (Lipinski definition) is 4. The molecule has 0 spiro atoms. The topological polar surface area (TPSA) is 129 Å². The van der Waals surface area contributed by atoms with Gasteiger partial charge in [0, 0.05) is 5.92 Å². The van der Waals surface area contributed by atoms with Gasteiger partial charge in [0.05, 0.1) is 0 Å². The van der Waals surface area contributed by atoms with Crippen LogP contribution in [0.15, 0.2) is 0 Å². The molecule has 0 aromatic heterocycles. The van der Waals surface area contributed by atoms with Crippen molar-refractivity contribution in [2.75, 3.05) is 0 Å². The third-order valence-corrected chi connectivity index (χ3v) is 4.22. The second-order valence-corrected chi connectivity index (χ2v) is 5.48. The minimum atomic E-state index is -2.31. The van der Waals surface area contributed by atoms with E-state index in [0.29, 0.717) is 6.42 Å². The predicted octanol–water partition coefficient (Wildman–Crippen LogP) is 1.40. The fourth-order valence-corrected chi connectivity index (χ4v) is 2.99. The third kappa shape index (κ3) is 3.06. The van der Waals surface area contributed by atoms with Gasteiger partial charge in [0.15, 0.2) is 11.2 Å². The first-order valence-electron chi connectivity index (χ1n) is 7.02. The van der Waals surface area contributed by atoms with Crippen LogP contribution in [0.2, 0.25) is 0 Å². The van der Waals surface area contributed by atoms with Crippen LogP contribution in [0, 0.1) is 17.3 Å². The van der Waals surface area contributed by atoms with Crippen LogP contribution in [-0.2, 0) is 19.2 Å². The van der Waals surface area contributed by atoms with Crippen LogP contribution in [0.5, 0.6) is 0 Å². The number of carboxylic acids is 3. The Balaban J connectivity index is 3.06. The van der Waals surface area contributed by atoms with E-state index in [9.17, 15) is 29.4 Å². The molecule has 7 heteroatoms. The fraction of sp³-hybridized carbons (Fsp3) is 0.714. The van der Waals surface area contributed by atoms with Crippen molar-refractivity contribution in [3.63, 3.8) is 0 Å². The van der Waals surface area contributed by atoms with Crippen molar-refractivity contribution in [3.8, 4) is 0 Å². The van der Waals surface area contributed by atoms with Gasteiger partial charge in [0.1, 0.15) is 5.92 Å². The van der Waals surface area contributed by atoms with Gasteiger partial charge in [0.25, 0.3) is 0 Å². The summed E-state index contributed by atoms with van der Waals surface area (Å²) in [5.74, 6) is -8.31. The molecular formula is C14H20O7. The number of carbonyl (C=O) groups excluding carboxylic acids is 1. The monoisotopic (exact) mass is 300 g/mol. The molecule has 3 N–H and O–H groups in total. The lowest BCUT2D eigenvalue weighted by Gasteiger charge is -2.25. The van der Waals surface area contributed by atoms with Gasteiger partial charge >= 0.3 is 17.9 Å². The zero-order chi connectivity index (χ0) is 16.2. The van der Waals surface area contributed by atoms with Crippen LogP contribution in [0.4, 0.5) is 0 Å². The maximum Gasteiger partial charge on any atom is 0.321 e. The van der Waals surface area contributed by atoms with Crippen molar-refractivity contribution < 1.29 is 34.5 Å². The van der Waals surface area contributed by atoms with E-state index in [1.54, 1.807) is 0 Å². The summed E-state index contributed by atoms with van der Waals surface area (Å²) in [6.45, 7) is 1.99. The SMILES string of the molecule is CCCCCCC1C(=O)C(C(=O)O)CC1(C(=O)O)C(=O)O. The predicted molar refractivity (Wildman–Crippen MR) is 70.7 cm³/mol. The Bertz CT molecular complexity index is 440. The molecule has 0 heterocycles. The van der Waals surface area contributed by atoms with Crippen LogP contribution in [0.1, 0.15) is 45.4 Å². The summed E-state index contributed by atoms with van der Waals surface area (Å²) < 4.78 is 0. The van der Waals surface area contributed by atoms with Gasteiger partial charge in [-0.1, -0.05) is 32.6 Å². The summed E-state index contributed by atoms with van der Waals surface area (Å²) in [5, 5.41) is 27.6. The van der Waals surface area contributed by atoms with Gasteiger partial charge in [0.2, 0.25) is 0 Å². The normalized spacial score (nSPS) is 24.0. The number of carboxylic acid groups (broad SMARTS) is 3. The first kappa shape index (κ1) is 17.1. The second kappa shape index (κ2) is 6.69.